The molecule has 0 spiro atoms. The fourth-order valence-corrected chi connectivity index (χ4v) is 3.35. The van der Waals surface area contributed by atoms with Gasteiger partial charge in [-0.15, -0.1) is 11.3 Å². The highest BCUT2D eigenvalue weighted by atomic mass is 32.1. The van der Waals surface area contributed by atoms with Crippen LogP contribution in [0.15, 0.2) is 5.38 Å². The van der Waals surface area contributed by atoms with Gasteiger partial charge in [0.1, 0.15) is 0 Å². The van der Waals surface area contributed by atoms with Crippen LogP contribution in [0.2, 0.25) is 0 Å². The van der Waals surface area contributed by atoms with Crippen LogP contribution in [0.4, 0.5) is 5.13 Å². The first kappa shape index (κ1) is 16.2. The highest BCUT2D eigenvalue weighted by Crippen LogP contribution is 2.23. The summed E-state index contributed by atoms with van der Waals surface area (Å²) in [5.41, 5.74) is 0.198. The second kappa shape index (κ2) is 6.72. The van der Waals surface area contributed by atoms with Crippen molar-refractivity contribution in [2.24, 2.45) is 0 Å². The first-order valence-corrected chi connectivity index (χ1v) is 8.07. The van der Waals surface area contributed by atoms with Gasteiger partial charge in [-0.25, -0.2) is 4.98 Å². The maximum Gasteiger partial charge on any atom is 0.303 e. The third kappa shape index (κ3) is 5.26. The molecule has 1 aromatic rings. The Balaban J connectivity index is 1.83. The number of carbonyl (C=O) groups is 1. The minimum Gasteiger partial charge on any atom is -0.481 e. The van der Waals surface area contributed by atoms with Gasteiger partial charge in [-0.1, -0.05) is 0 Å². The van der Waals surface area contributed by atoms with Crippen molar-refractivity contribution in [2.75, 3.05) is 37.6 Å². The van der Waals surface area contributed by atoms with E-state index in [1.165, 1.54) is 0 Å². The third-order valence-electron chi connectivity index (χ3n) is 3.39. The normalized spacial score (nSPS) is 17.2. The highest BCUT2D eigenvalue weighted by molar-refractivity contribution is 7.13. The molecule has 2 heterocycles. The van der Waals surface area contributed by atoms with Crippen molar-refractivity contribution in [3.05, 3.63) is 11.1 Å². The van der Waals surface area contributed by atoms with Crippen LogP contribution in [0.3, 0.4) is 0 Å². The van der Waals surface area contributed by atoms with Gasteiger partial charge in [-0.2, -0.15) is 0 Å². The molecule has 118 valence electrons. The van der Waals surface area contributed by atoms with E-state index in [9.17, 15) is 9.90 Å². The Morgan fingerprint density at radius 3 is 2.62 bits per heavy atom. The van der Waals surface area contributed by atoms with Gasteiger partial charge in [0.05, 0.1) is 17.7 Å². The predicted octanol–water partition coefficient (Wildman–Crippen LogP) is 1.05. The largest absolute Gasteiger partial charge is 0.481 e. The molecule has 0 atom stereocenters. The maximum atomic E-state index is 10.6. The van der Waals surface area contributed by atoms with Gasteiger partial charge in [0.25, 0.3) is 0 Å². The molecule has 0 amide bonds. The van der Waals surface area contributed by atoms with Gasteiger partial charge < -0.3 is 15.1 Å². The molecule has 1 aliphatic heterocycles. The molecule has 1 aliphatic rings. The number of β-amino-alcohol motifs (C(OH)–C–C–N with tert-alkyl or cyclic N) is 1. The first-order valence-electron chi connectivity index (χ1n) is 7.19. The summed E-state index contributed by atoms with van der Waals surface area (Å²) in [4.78, 5) is 19.6. The summed E-state index contributed by atoms with van der Waals surface area (Å²) in [5, 5.41) is 21.5. The number of rotatable bonds is 6. The van der Waals surface area contributed by atoms with Crippen molar-refractivity contribution < 1.29 is 15.0 Å². The monoisotopic (exact) mass is 313 g/mol. The van der Waals surface area contributed by atoms with Crippen molar-refractivity contribution in [2.45, 2.75) is 32.3 Å². The number of piperazine rings is 1. The van der Waals surface area contributed by atoms with Crippen LogP contribution < -0.4 is 4.90 Å². The predicted molar refractivity (Wildman–Crippen MR) is 83.0 cm³/mol. The molecule has 0 bridgehead atoms. The van der Waals surface area contributed by atoms with E-state index in [1.54, 1.807) is 11.3 Å². The van der Waals surface area contributed by atoms with Crippen LogP contribution in [0.5, 0.6) is 0 Å². The summed E-state index contributed by atoms with van der Waals surface area (Å²) >= 11 is 1.58. The molecule has 2 N–H and O–H groups in total. The summed E-state index contributed by atoms with van der Waals surface area (Å²) < 4.78 is 0. The topological polar surface area (TPSA) is 76.9 Å². The number of aliphatic carboxylic acids is 1. The zero-order valence-corrected chi connectivity index (χ0v) is 13.4. The number of aromatic nitrogens is 1. The molecule has 0 unspecified atom stereocenters. The Bertz CT molecular complexity index is 476. The van der Waals surface area contributed by atoms with Gasteiger partial charge in [0, 0.05) is 44.5 Å². The van der Waals surface area contributed by atoms with E-state index < -0.39 is 11.6 Å². The number of carboxylic acids is 1. The molecule has 0 aliphatic carbocycles. The number of carboxylic acid groups (broad SMARTS) is 1. The molecular weight excluding hydrogens is 290 g/mol. The van der Waals surface area contributed by atoms with E-state index in [0.717, 1.165) is 37.0 Å². The maximum absolute atomic E-state index is 10.6. The summed E-state index contributed by atoms with van der Waals surface area (Å²) in [6.07, 6.45) is 0.618. The van der Waals surface area contributed by atoms with E-state index in [1.807, 2.05) is 19.2 Å². The van der Waals surface area contributed by atoms with Gasteiger partial charge in [-0.3, -0.25) is 9.69 Å². The number of hydrogen-bond acceptors (Lipinski definition) is 6. The smallest absolute Gasteiger partial charge is 0.303 e. The van der Waals surface area contributed by atoms with Crippen molar-refractivity contribution in [1.82, 2.24) is 9.88 Å². The second-order valence-corrected chi connectivity index (χ2v) is 6.93. The minimum atomic E-state index is -0.787. The SMILES string of the molecule is CC(C)(O)CN1CCN(c2nc(CCC(=O)O)cs2)CC1. The molecule has 1 saturated heterocycles. The van der Waals surface area contributed by atoms with E-state index in [2.05, 4.69) is 14.8 Å². The van der Waals surface area contributed by atoms with Crippen LogP contribution >= 0.6 is 11.3 Å². The Kier molecular flexibility index (Phi) is 5.18. The molecule has 2 rings (SSSR count). The number of thiazole rings is 1. The van der Waals surface area contributed by atoms with Gasteiger partial charge in [0.2, 0.25) is 0 Å². The fourth-order valence-electron chi connectivity index (χ4n) is 2.44. The van der Waals surface area contributed by atoms with Crippen molar-refractivity contribution in [1.29, 1.82) is 0 Å². The van der Waals surface area contributed by atoms with Gasteiger partial charge in [-0.05, 0) is 13.8 Å². The zero-order valence-electron chi connectivity index (χ0n) is 12.6. The Morgan fingerprint density at radius 2 is 2.05 bits per heavy atom. The lowest BCUT2D eigenvalue weighted by Crippen LogP contribution is -2.50. The average molecular weight is 313 g/mol. The standard InChI is InChI=1S/C14H23N3O3S/c1-14(2,20)10-16-5-7-17(8-6-16)13-15-11(9-21-13)3-4-12(18)19/h9,20H,3-8,10H2,1-2H3,(H,18,19). The van der Waals surface area contributed by atoms with Crippen LogP contribution in [-0.4, -0.2) is 64.4 Å². The van der Waals surface area contributed by atoms with E-state index >= 15 is 0 Å². The molecule has 6 nitrogen and oxygen atoms in total. The second-order valence-electron chi connectivity index (χ2n) is 6.09. The van der Waals surface area contributed by atoms with E-state index in [4.69, 9.17) is 5.11 Å². The summed E-state index contributed by atoms with van der Waals surface area (Å²) in [5.74, 6) is -0.787. The first-order chi connectivity index (χ1) is 9.83. The van der Waals surface area contributed by atoms with E-state index in [0.29, 0.717) is 13.0 Å². The van der Waals surface area contributed by atoms with Gasteiger partial charge in [0.15, 0.2) is 5.13 Å². The van der Waals surface area contributed by atoms with Crippen LogP contribution in [0.1, 0.15) is 26.0 Å². The summed E-state index contributed by atoms with van der Waals surface area (Å²) in [6.45, 7) is 7.94. The lowest BCUT2D eigenvalue weighted by Gasteiger charge is -2.37. The molecule has 0 saturated carbocycles. The Labute approximate surface area is 129 Å². The average Bonchev–Trinajstić information content (AvgIpc) is 2.84. The molecule has 7 heteroatoms. The molecule has 0 aromatic carbocycles. The fraction of sp³-hybridized carbons (Fsp3) is 0.714. The van der Waals surface area contributed by atoms with Crippen LogP contribution in [0.25, 0.3) is 0 Å². The highest BCUT2D eigenvalue weighted by Gasteiger charge is 2.23. The molecule has 0 radical (unpaired) electrons. The number of anilines is 1. The van der Waals surface area contributed by atoms with Crippen molar-refractivity contribution in [3.63, 3.8) is 0 Å². The Morgan fingerprint density at radius 1 is 1.38 bits per heavy atom. The minimum absolute atomic E-state index is 0.128. The van der Waals surface area contributed by atoms with Crippen LogP contribution in [0, 0.1) is 0 Å². The summed E-state index contributed by atoms with van der Waals surface area (Å²) in [7, 11) is 0. The number of aryl methyl sites for hydroxylation is 1. The van der Waals surface area contributed by atoms with Gasteiger partial charge >= 0.3 is 5.97 Å². The Hall–Kier alpha value is -1.18. The van der Waals surface area contributed by atoms with Crippen LogP contribution in [-0.2, 0) is 11.2 Å². The third-order valence-corrected chi connectivity index (χ3v) is 4.34. The molecule has 1 fully saturated rings. The van der Waals surface area contributed by atoms with Crippen molar-refractivity contribution in [3.8, 4) is 0 Å². The summed E-state index contributed by atoms with van der Waals surface area (Å²) in [6, 6.07) is 0. The zero-order chi connectivity index (χ0) is 15.5. The lowest BCUT2D eigenvalue weighted by molar-refractivity contribution is -0.136. The van der Waals surface area contributed by atoms with E-state index in [-0.39, 0.29) is 6.42 Å². The number of nitrogens with zero attached hydrogens (tertiary/aromatic N) is 3. The number of hydrogen-bond donors (Lipinski definition) is 2. The molecular formula is C14H23N3O3S. The quantitative estimate of drug-likeness (QED) is 0.817. The lowest BCUT2D eigenvalue weighted by atomic mass is 10.1. The molecule has 21 heavy (non-hydrogen) atoms. The number of aliphatic hydroxyl groups is 1. The van der Waals surface area contributed by atoms with Crippen molar-refractivity contribution >= 4 is 22.4 Å². The molecule has 1 aromatic heterocycles.